The highest BCUT2D eigenvalue weighted by Gasteiger charge is 2.24. The van der Waals surface area contributed by atoms with Crippen LogP contribution in [0.3, 0.4) is 0 Å². The van der Waals surface area contributed by atoms with E-state index >= 15 is 0 Å². The Morgan fingerprint density at radius 3 is 2.86 bits per heavy atom. The number of rotatable bonds is 5. The molecule has 1 fully saturated rings. The molecule has 1 N–H and O–H groups in total. The van der Waals surface area contributed by atoms with Gasteiger partial charge in [-0.3, -0.25) is 9.36 Å². The van der Waals surface area contributed by atoms with E-state index in [9.17, 15) is 13.2 Å². The van der Waals surface area contributed by atoms with Gasteiger partial charge in [0.15, 0.2) is 0 Å². The minimum atomic E-state index is -3.42. The third kappa shape index (κ3) is 3.00. The highest BCUT2D eigenvalue weighted by atomic mass is 32.2. The molecule has 114 valence electrons. The smallest absolute Gasteiger partial charge is 0.279 e. The maximum atomic E-state index is 12.1. The summed E-state index contributed by atoms with van der Waals surface area (Å²) in [5, 5.41) is 1.82. The van der Waals surface area contributed by atoms with Gasteiger partial charge < -0.3 is 0 Å². The SMILES string of the molecule is O=c1c2sccc2ncn1CCNS(=O)(=O)N1CCCC1. The number of aromatic nitrogens is 2. The molecule has 7 nitrogen and oxygen atoms in total. The third-order valence-electron chi connectivity index (χ3n) is 3.48. The molecule has 2 aromatic heterocycles. The van der Waals surface area contributed by atoms with Gasteiger partial charge in [0, 0.05) is 26.2 Å². The van der Waals surface area contributed by atoms with Gasteiger partial charge in [0.1, 0.15) is 4.70 Å². The van der Waals surface area contributed by atoms with Crippen molar-refractivity contribution < 1.29 is 8.42 Å². The molecular weight excluding hydrogens is 312 g/mol. The average molecular weight is 328 g/mol. The van der Waals surface area contributed by atoms with Gasteiger partial charge in [-0.05, 0) is 24.3 Å². The van der Waals surface area contributed by atoms with Crippen molar-refractivity contribution in [2.45, 2.75) is 19.4 Å². The Balaban J connectivity index is 1.66. The normalized spacial score (nSPS) is 16.8. The summed E-state index contributed by atoms with van der Waals surface area (Å²) >= 11 is 1.34. The Morgan fingerprint density at radius 2 is 2.10 bits per heavy atom. The van der Waals surface area contributed by atoms with E-state index in [4.69, 9.17) is 0 Å². The zero-order valence-corrected chi connectivity index (χ0v) is 13.0. The molecule has 0 amide bonds. The van der Waals surface area contributed by atoms with Crippen LogP contribution >= 0.6 is 11.3 Å². The van der Waals surface area contributed by atoms with E-state index in [2.05, 4.69) is 9.71 Å². The van der Waals surface area contributed by atoms with Crippen molar-refractivity contribution in [3.63, 3.8) is 0 Å². The predicted octanol–water partition coefficient (Wildman–Crippen LogP) is 0.388. The molecule has 0 saturated carbocycles. The Hall–Kier alpha value is -1.29. The van der Waals surface area contributed by atoms with Gasteiger partial charge in [-0.25, -0.2) is 9.71 Å². The molecule has 9 heteroatoms. The first-order valence-electron chi connectivity index (χ1n) is 6.75. The lowest BCUT2D eigenvalue weighted by molar-refractivity contribution is 0.462. The van der Waals surface area contributed by atoms with E-state index < -0.39 is 10.2 Å². The second kappa shape index (κ2) is 5.84. The molecule has 1 aliphatic rings. The van der Waals surface area contributed by atoms with Crippen molar-refractivity contribution in [2.75, 3.05) is 19.6 Å². The molecule has 0 spiro atoms. The van der Waals surface area contributed by atoms with Crippen LogP contribution in [0.4, 0.5) is 0 Å². The largest absolute Gasteiger partial charge is 0.297 e. The van der Waals surface area contributed by atoms with E-state index in [1.807, 2.05) is 5.38 Å². The van der Waals surface area contributed by atoms with Crippen molar-refractivity contribution in [3.8, 4) is 0 Å². The van der Waals surface area contributed by atoms with Gasteiger partial charge in [0.25, 0.3) is 15.8 Å². The highest BCUT2D eigenvalue weighted by Crippen LogP contribution is 2.13. The van der Waals surface area contributed by atoms with Crippen LogP contribution in [-0.2, 0) is 16.8 Å². The summed E-state index contributed by atoms with van der Waals surface area (Å²) in [6.07, 6.45) is 3.26. The lowest BCUT2D eigenvalue weighted by atomic mass is 10.4. The molecule has 0 unspecified atom stereocenters. The van der Waals surface area contributed by atoms with Gasteiger partial charge in [-0.1, -0.05) is 0 Å². The Labute approximate surface area is 126 Å². The van der Waals surface area contributed by atoms with Gasteiger partial charge in [0.05, 0.1) is 11.8 Å². The summed E-state index contributed by atoms with van der Waals surface area (Å²) in [5.41, 5.74) is 0.550. The average Bonchev–Trinajstić information content (AvgIpc) is 3.11. The van der Waals surface area contributed by atoms with E-state index in [1.54, 1.807) is 6.07 Å². The van der Waals surface area contributed by atoms with Crippen molar-refractivity contribution in [1.29, 1.82) is 0 Å². The van der Waals surface area contributed by atoms with Crippen LogP contribution < -0.4 is 10.3 Å². The number of hydrogen-bond acceptors (Lipinski definition) is 5. The fourth-order valence-corrected chi connectivity index (χ4v) is 4.42. The zero-order chi connectivity index (χ0) is 14.9. The fraction of sp³-hybridized carbons (Fsp3) is 0.500. The molecular formula is C12H16N4O3S2. The fourth-order valence-electron chi connectivity index (χ4n) is 2.35. The first-order chi connectivity index (χ1) is 10.1. The van der Waals surface area contributed by atoms with Gasteiger partial charge in [0.2, 0.25) is 0 Å². The maximum Gasteiger partial charge on any atom is 0.279 e. The second-order valence-electron chi connectivity index (χ2n) is 4.88. The summed E-state index contributed by atoms with van der Waals surface area (Å²) < 4.78 is 30.0. The summed E-state index contributed by atoms with van der Waals surface area (Å²) in [6.45, 7) is 1.58. The molecule has 0 atom stereocenters. The number of nitrogens with zero attached hydrogens (tertiary/aromatic N) is 3. The minimum absolute atomic E-state index is 0.129. The molecule has 1 saturated heterocycles. The zero-order valence-electron chi connectivity index (χ0n) is 11.4. The molecule has 0 radical (unpaired) electrons. The van der Waals surface area contributed by atoms with Crippen molar-refractivity contribution in [1.82, 2.24) is 18.6 Å². The van der Waals surface area contributed by atoms with E-state index in [-0.39, 0.29) is 18.6 Å². The van der Waals surface area contributed by atoms with Crippen molar-refractivity contribution in [3.05, 3.63) is 28.1 Å². The molecule has 1 aliphatic heterocycles. The van der Waals surface area contributed by atoms with Crippen LogP contribution in [0.25, 0.3) is 10.2 Å². The van der Waals surface area contributed by atoms with Crippen molar-refractivity contribution >= 4 is 31.8 Å². The lowest BCUT2D eigenvalue weighted by Crippen LogP contribution is -2.40. The maximum absolute atomic E-state index is 12.1. The number of fused-ring (bicyclic) bond motifs is 1. The van der Waals surface area contributed by atoms with Crippen molar-refractivity contribution in [2.24, 2.45) is 0 Å². The van der Waals surface area contributed by atoms with E-state index in [0.29, 0.717) is 23.3 Å². The molecule has 0 aliphatic carbocycles. The summed E-state index contributed by atoms with van der Waals surface area (Å²) in [7, 11) is -3.42. The highest BCUT2D eigenvalue weighted by molar-refractivity contribution is 7.87. The quantitative estimate of drug-likeness (QED) is 0.860. The number of thiophene rings is 1. The summed E-state index contributed by atoms with van der Waals surface area (Å²) in [6, 6.07) is 1.79. The lowest BCUT2D eigenvalue weighted by Gasteiger charge is -2.16. The van der Waals surface area contributed by atoms with Gasteiger partial charge >= 0.3 is 0 Å². The first-order valence-corrected chi connectivity index (χ1v) is 9.07. The first kappa shape index (κ1) is 14.6. The van der Waals surface area contributed by atoms with Crippen LogP contribution in [0.5, 0.6) is 0 Å². The topological polar surface area (TPSA) is 84.3 Å². The summed E-state index contributed by atoms with van der Waals surface area (Å²) in [5.74, 6) is 0. The minimum Gasteiger partial charge on any atom is -0.297 e. The van der Waals surface area contributed by atoms with Crippen LogP contribution in [0.2, 0.25) is 0 Å². The number of hydrogen-bond donors (Lipinski definition) is 1. The van der Waals surface area contributed by atoms with Gasteiger partial charge in [-0.2, -0.15) is 12.7 Å². The third-order valence-corrected chi connectivity index (χ3v) is 5.98. The van der Waals surface area contributed by atoms with Gasteiger partial charge in [-0.15, -0.1) is 11.3 Å². The standard InChI is InChI=1S/C12H16N4O3S2/c17-12-11-10(3-8-20-11)13-9-15(12)7-4-14-21(18,19)16-5-1-2-6-16/h3,8-9,14H,1-2,4-7H2. The van der Waals surface area contributed by atoms with Crippen LogP contribution in [-0.4, -0.2) is 41.9 Å². The molecule has 3 rings (SSSR count). The molecule has 0 aromatic carbocycles. The van der Waals surface area contributed by atoms with E-state index in [1.165, 1.54) is 26.5 Å². The summed E-state index contributed by atoms with van der Waals surface area (Å²) in [4.78, 5) is 16.3. The Bertz CT molecular complexity index is 790. The molecule has 0 bridgehead atoms. The van der Waals surface area contributed by atoms with Crippen LogP contribution in [0, 0.1) is 0 Å². The van der Waals surface area contributed by atoms with Crippen LogP contribution in [0.15, 0.2) is 22.6 Å². The molecule has 21 heavy (non-hydrogen) atoms. The second-order valence-corrected chi connectivity index (χ2v) is 7.55. The molecule has 3 heterocycles. The Morgan fingerprint density at radius 1 is 1.33 bits per heavy atom. The van der Waals surface area contributed by atoms with E-state index in [0.717, 1.165) is 12.8 Å². The monoisotopic (exact) mass is 328 g/mol. The van der Waals surface area contributed by atoms with Crippen LogP contribution in [0.1, 0.15) is 12.8 Å². The predicted molar refractivity (Wildman–Crippen MR) is 81.6 cm³/mol. The number of nitrogens with one attached hydrogen (secondary N) is 1. The Kier molecular flexibility index (Phi) is 4.07. The molecule has 2 aromatic rings.